The van der Waals surface area contributed by atoms with Gasteiger partial charge < -0.3 is 10.1 Å². The molecule has 0 spiro atoms. The van der Waals surface area contributed by atoms with E-state index in [1.165, 1.54) is 24.5 Å². The van der Waals surface area contributed by atoms with Crippen LogP contribution in [0.3, 0.4) is 0 Å². The van der Waals surface area contributed by atoms with Gasteiger partial charge in [-0.1, -0.05) is 24.3 Å². The molecule has 0 amide bonds. The van der Waals surface area contributed by atoms with E-state index in [1.54, 1.807) is 17.1 Å². The molecule has 130 valence electrons. The van der Waals surface area contributed by atoms with Gasteiger partial charge in [-0.15, -0.1) is 13.2 Å². The molecule has 0 aliphatic rings. The summed E-state index contributed by atoms with van der Waals surface area (Å²) >= 11 is 0. The van der Waals surface area contributed by atoms with Crippen molar-refractivity contribution >= 4 is 5.69 Å². The number of rotatable bonds is 5. The zero-order valence-electron chi connectivity index (χ0n) is 13.3. The minimum Gasteiger partial charge on any atom is -0.404 e. The second kappa shape index (κ2) is 6.84. The molecule has 5 nitrogen and oxygen atoms in total. The van der Waals surface area contributed by atoms with Crippen LogP contribution in [0.4, 0.5) is 18.9 Å². The van der Waals surface area contributed by atoms with Gasteiger partial charge in [0, 0.05) is 6.54 Å². The minimum atomic E-state index is -4.73. The molecule has 0 aliphatic heterocycles. The molecule has 0 radical (unpaired) electrons. The predicted molar refractivity (Wildman–Crippen MR) is 86.5 cm³/mol. The normalized spacial score (nSPS) is 11.4. The fraction of sp³-hybridized carbons (Fsp3) is 0.176. The molecule has 0 bridgehead atoms. The zero-order valence-corrected chi connectivity index (χ0v) is 13.3. The molecule has 3 rings (SSSR count). The summed E-state index contributed by atoms with van der Waals surface area (Å²) in [4.78, 5) is 3.91. The Morgan fingerprint density at radius 1 is 1.16 bits per heavy atom. The van der Waals surface area contributed by atoms with Crippen molar-refractivity contribution in [1.82, 2.24) is 14.8 Å². The Balaban J connectivity index is 1.73. The standard InChI is InChI=1S/C17H15F3N4O/c1-12-8-13(6-7-15(12)24-11-21-10-23-24)9-22-14-4-2-3-5-16(14)25-17(18,19)20/h2-8,10-11,22H,9H2,1H3. The van der Waals surface area contributed by atoms with E-state index in [9.17, 15) is 13.2 Å². The Labute approximate surface area is 142 Å². The highest BCUT2D eigenvalue weighted by molar-refractivity contribution is 5.56. The molecule has 3 aromatic rings. The minimum absolute atomic E-state index is 0.258. The molecule has 0 unspecified atom stereocenters. The van der Waals surface area contributed by atoms with Crippen LogP contribution in [0, 0.1) is 6.92 Å². The Morgan fingerprint density at radius 3 is 2.64 bits per heavy atom. The summed E-state index contributed by atoms with van der Waals surface area (Å²) in [5.41, 5.74) is 3.06. The van der Waals surface area contributed by atoms with E-state index in [2.05, 4.69) is 20.1 Å². The third kappa shape index (κ3) is 4.28. The first-order chi connectivity index (χ1) is 11.9. The van der Waals surface area contributed by atoms with Crippen molar-refractivity contribution in [2.24, 2.45) is 0 Å². The summed E-state index contributed by atoms with van der Waals surface area (Å²) in [5, 5.41) is 7.06. The molecule has 0 atom stereocenters. The molecule has 0 saturated carbocycles. The number of nitrogens with one attached hydrogen (secondary N) is 1. The van der Waals surface area contributed by atoms with Crippen LogP contribution in [0.1, 0.15) is 11.1 Å². The lowest BCUT2D eigenvalue weighted by atomic mass is 10.1. The molecule has 1 aromatic heterocycles. The van der Waals surface area contributed by atoms with Crippen molar-refractivity contribution < 1.29 is 17.9 Å². The van der Waals surface area contributed by atoms with Gasteiger partial charge in [-0.3, -0.25) is 0 Å². The smallest absolute Gasteiger partial charge is 0.404 e. The van der Waals surface area contributed by atoms with Crippen LogP contribution in [0.2, 0.25) is 0 Å². The fourth-order valence-corrected chi connectivity index (χ4v) is 2.44. The van der Waals surface area contributed by atoms with E-state index in [4.69, 9.17) is 0 Å². The lowest BCUT2D eigenvalue weighted by Crippen LogP contribution is -2.18. The first-order valence-electron chi connectivity index (χ1n) is 7.45. The zero-order chi connectivity index (χ0) is 17.9. The lowest BCUT2D eigenvalue weighted by Gasteiger charge is -2.15. The quantitative estimate of drug-likeness (QED) is 0.755. The summed E-state index contributed by atoms with van der Waals surface area (Å²) in [6, 6.07) is 11.7. The summed E-state index contributed by atoms with van der Waals surface area (Å²) in [5.74, 6) is -0.258. The number of nitrogens with zero attached hydrogens (tertiary/aromatic N) is 3. The summed E-state index contributed by atoms with van der Waals surface area (Å²) in [6.07, 6.45) is -1.68. The van der Waals surface area contributed by atoms with E-state index in [-0.39, 0.29) is 11.4 Å². The van der Waals surface area contributed by atoms with Crippen molar-refractivity contribution in [3.63, 3.8) is 0 Å². The maximum absolute atomic E-state index is 12.5. The molecule has 25 heavy (non-hydrogen) atoms. The third-order valence-corrected chi connectivity index (χ3v) is 3.52. The number of aromatic nitrogens is 3. The lowest BCUT2D eigenvalue weighted by molar-refractivity contribution is -0.274. The van der Waals surface area contributed by atoms with Gasteiger partial charge in [0.2, 0.25) is 0 Å². The van der Waals surface area contributed by atoms with Gasteiger partial charge in [-0.05, 0) is 36.2 Å². The van der Waals surface area contributed by atoms with Crippen molar-refractivity contribution in [3.8, 4) is 11.4 Å². The second-order valence-corrected chi connectivity index (χ2v) is 5.36. The largest absolute Gasteiger partial charge is 0.573 e. The maximum atomic E-state index is 12.5. The number of hydrogen-bond acceptors (Lipinski definition) is 4. The second-order valence-electron chi connectivity index (χ2n) is 5.36. The van der Waals surface area contributed by atoms with Gasteiger partial charge in [0.25, 0.3) is 0 Å². The number of hydrogen-bond donors (Lipinski definition) is 1. The van der Waals surface area contributed by atoms with Gasteiger partial charge in [-0.25, -0.2) is 9.67 Å². The van der Waals surface area contributed by atoms with Gasteiger partial charge in [-0.2, -0.15) is 5.10 Å². The van der Waals surface area contributed by atoms with Crippen LogP contribution in [0.5, 0.6) is 5.75 Å². The van der Waals surface area contributed by atoms with Gasteiger partial charge in [0.15, 0.2) is 5.75 Å². The Bertz CT molecular complexity index is 847. The van der Waals surface area contributed by atoms with Crippen LogP contribution < -0.4 is 10.1 Å². The van der Waals surface area contributed by atoms with Gasteiger partial charge in [0.05, 0.1) is 11.4 Å². The number of alkyl halides is 3. The number of anilines is 1. The van der Waals surface area contributed by atoms with Crippen LogP contribution in [-0.4, -0.2) is 21.1 Å². The van der Waals surface area contributed by atoms with E-state index in [1.807, 2.05) is 25.1 Å². The average molecular weight is 348 g/mol. The molecule has 0 saturated heterocycles. The van der Waals surface area contributed by atoms with E-state index in [0.717, 1.165) is 16.8 Å². The SMILES string of the molecule is Cc1cc(CNc2ccccc2OC(F)(F)F)ccc1-n1cncn1. The van der Waals surface area contributed by atoms with Crippen LogP contribution in [0.25, 0.3) is 5.69 Å². The number of ether oxygens (including phenoxy) is 1. The summed E-state index contributed by atoms with van der Waals surface area (Å²) in [7, 11) is 0. The van der Waals surface area contributed by atoms with E-state index >= 15 is 0 Å². The predicted octanol–water partition coefficient (Wildman–Crippen LogP) is 4.09. The molecule has 8 heteroatoms. The monoisotopic (exact) mass is 348 g/mol. The molecular formula is C17H15F3N4O. The number of benzene rings is 2. The first kappa shape index (κ1) is 16.8. The molecule has 2 aromatic carbocycles. The fourth-order valence-electron chi connectivity index (χ4n) is 2.44. The summed E-state index contributed by atoms with van der Waals surface area (Å²) < 4.78 is 43.0. The summed E-state index contributed by atoms with van der Waals surface area (Å²) in [6.45, 7) is 2.29. The van der Waals surface area contributed by atoms with E-state index < -0.39 is 6.36 Å². The number of para-hydroxylation sites is 2. The van der Waals surface area contributed by atoms with Gasteiger partial charge >= 0.3 is 6.36 Å². The van der Waals surface area contributed by atoms with Crippen LogP contribution in [-0.2, 0) is 6.54 Å². The van der Waals surface area contributed by atoms with Crippen molar-refractivity contribution in [1.29, 1.82) is 0 Å². The van der Waals surface area contributed by atoms with Crippen molar-refractivity contribution in [2.75, 3.05) is 5.32 Å². The Kier molecular flexibility index (Phi) is 4.60. The average Bonchev–Trinajstić information content (AvgIpc) is 3.07. The molecule has 1 N–H and O–H groups in total. The molecule has 0 fully saturated rings. The van der Waals surface area contributed by atoms with E-state index in [0.29, 0.717) is 6.54 Å². The van der Waals surface area contributed by atoms with Crippen molar-refractivity contribution in [3.05, 3.63) is 66.2 Å². The Hall–Kier alpha value is -3.03. The third-order valence-electron chi connectivity index (χ3n) is 3.52. The Morgan fingerprint density at radius 2 is 1.96 bits per heavy atom. The highest BCUT2D eigenvalue weighted by Crippen LogP contribution is 2.30. The van der Waals surface area contributed by atoms with Crippen LogP contribution >= 0.6 is 0 Å². The topological polar surface area (TPSA) is 52.0 Å². The highest BCUT2D eigenvalue weighted by atomic mass is 19.4. The number of aryl methyl sites for hydroxylation is 1. The maximum Gasteiger partial charge on any atom is 0.573 e. The van der Waals surface area contributed by atoms with Crippen LogP contribution in [0.15, 0.2) is 55.1 Å². The molecule has 1 heterocycles. The van der Waals surface area contributed by atoms with Crippen molar-refractivity contribution in [2.45, 2.75) is 19.8 Å². The molecular weight excluding hydrogens is 333 g/mol. The van der Waals surface area contributed by atoms with Gasteiger partial charge in [0.1, 0.15) is 12.7 Å². The molecule has 0 aliphatic carbocycles. The highest BCUT2D eigenvalue weighted by Gasteiger charge is 2.32. The number of halogens is 3. The first-order valence-corrected chi connectivity index (χ1v) is 7.45.